The first-order valence-electron chi connectivity index (χ1n) is 7.99. The zero-order valence-electron chi connectivity index (χ0n) is 14.6. The van der Waals surface area contributed by atoms with Crippen LogP contribution in [0.15, 0.2) is 63.7 Å². The zero-order valence-corrected chi connectivity index (χ0v) is 15.4. The van der Waals surface area contributed by atoms with E-state index >= 15 is 0 Å². The SMILES string of the molecule is COC(=O)C1=C(O)/C(=C\c2cccc(O)c2O)SC1=Nc1cccc(C)c1. The highest BCUT2D eigenvalue weighted by Gasteiger charge is 2.33. The second-order valence-corrected chi connectivity index (χ2v) is 6.83. The van der Waals surface area contributed by atoms with Crippen molar-refractivity contribution in [3.05, 3.63) is 69.8 Å². The summed E-state index contributed by atoms with van der Waals surface area (Å²) in [6.07, 6.45) is 1.47. The molecule has 0 aromatic heterocycles. The Hall–Kier alpha value is -3.19. The Kier molecular flexibility index (Phi) is 5.23. The molecule has 2 aromatic carbocycles. The lowest BCUT2D eigenvalue weighted by atomic mass is 10.1. The summed E-state index contributed by atoms with van der Waals surface area (Å²) in [4.78, 5) is 16.9. The molecule has 0 radical (unpaired) electrons. The number of ether oxygens (including phenoxy) is 1. The Morgan fingerprint density at radius 2 is 1.89 bits per heavy atom. The van der Waals surface area contributed by atoms with Crippen molar-refractivity contribution in [1.82, 2.24) is 0 Å². The minimum absolute atomic E-state index is 0.0464. The van der Waals surface area contributed by atoms with Crippen molar-refractivity contribution in [1.29, 1.82) is 0 Å². The van der Waals surface area contributed by atoms with Crippen molar-refractivity contribution in [3.8, 4) is 11.5 Å². The maximum absolute atomic E-state index is 12.2. The maximum Gasteiger partial charge on any atom is 0.344 e. The number of benzene rings is 2. The molecular weight excluding hydrogens is 366 g/mol. The van der Waals surface area contributed by atoms with Gasteiger partial charge in [0.25, 0.3) is 0 Å². The van der Waals surface area contributed by atoms with Crippen LogP contribution in [-0.2, 0) is 9.53 Å². The van der Waals surface area contributed by atoms with Crippen molar-refractivity contribution in [2.45, 2.75) is 6.92 Å². The first-order chi connectivity index (χ1) is 12.9. The second kappa shape index (κ2) is 7.59. The fraction of sp³-hybridized carbons (Fsp3) is 0.100. The van der Waals surface area contributed by atoms with Crippen LogP contribution in [0.2, 0.25) is 0 Å². The number of rotatable bonds is 3. The number of carbonyl (C=O) groups excluding carboxylic acids is 1. The molecule has 3 N–H and O–H groups in total. The molecule has 0 amide bonds. The van der Waals surface area contributed by atoms with Gasteiger partial charge in [0.05, 0.1) is 17.7 Å². The van der Waals surface area contributed by atoms with Gasteiger partial charge in [-0.05, 0) is 36.8 Å². The van der Waals surface area contributed by atoms with Gasteiger partial charge in [-0.3, -0.25) is 0 Å². The number of aliphatic imine (C=N–C) groups is 1. The Balaban J connectivity index is 2.09. The van der Waals surface area contributed by atoms with E-state index in [0.717, 1.165) is 17.3 Å². The van der Waals surface area contributed by atoms with Crippen molar-refractivity contribution in [2.24, 2.45) is 4.99 Å². The fourth-order valence-corrected chi connectivity index (χ4v) is 3.54. The van der Waals surface area contributed by atoms with Crippen LogP contribution in [0.25, 0.3) is 6.08 Å². The number of esters is 1. The van der Waals surface area contributed by atoms with Crippen molar-refractivity contribution >= 4 is 34.5 Å². The van der Waals surface area contributed by atoms with E-state index in [4.69, 9.17) is 4.74 Å². The quantitative estimate of drug-likeness (QED) is 0.542. The van der Waals surface area contributed by atoms with E-state index in [2.05, 4.69) is 4.99 Å². The standard InChI is InChI=1S/C20H17NO5S/c1-11-5-3-7-13(9-11)21-19-16(20(25)26-2)18(24)15(27-19)10-12-6-4-8-14(22)17(12)23/h3-10,22-24H,1-2H3/b15-10+,21-19?. The highest BCUT2D eigenvalue weighted by Crippen LogP contribution is 2.41. The molecule has 0 unspecified atom stereocenters. The number of aliphatic hydroxyl groups excluding tert-OH is 1. The number of methoxy groups -OCH3 is 1. The number of nitrogens with zero attached hydrogens (tertiary/aromatic N) is 1. The van der Waals surface area contributed by atoms with E-state index in [0.29, 0.717) is 16.2 Å². The van der Waals surface area contributed by atoms with Crippen molar-refractivity contribution < 1.29 is 24.9 Å². The van der Waals surface area contributed by atoms with E-state index in [1.807, 2.05) is 25.1 Å². The van der Waals surface area contributed by atoms with Gasteiger partial charge in [-0.1, -0.05) is 36.0 Å². The van der Waals surface area contributed by atoms with Crippen LogP contribution in [0.4, 0.5) is 5.69 Å². The first-order valence-corrected chi connectivity index (χ1v) is 8.80. The molecule has 1 aliphatic heterocycles. The first kappa shape index (κ1) is 18.6. The molecule has 1 aliphatic rings. The highest BCUT2D eigenvalue weighted by atomic mass is 32.2. The Bertz CT molecular complexity index is 1010. The lowest BCUT2D eigenvalue weighted by molar-refractivity contribution is -0.135. The number of carbonyl (C=O) groups is 1. The Morgan fingerprint density at radius 1 is 1.15 bits per heavy atom. The molecule has 0 atom stereocenters. The van der Waals surface area contributed by atoms with Gasteiger partial charge in [0.2, 0.25) is 0 Å². The van der Waals surface area contributed by atoms with Crippen LogP contribution in [-0.4, -0.2) is 33.4 Å². The highest BCUT2D eigenvalue weighted by molar-refractivity contribution is 8.18. The van der Waals surface area contributed by atoms with E-state index < -0.39 is 5.97 Å². The molecule has 0 fully saturated rings. The molecule has 0 saturated heterocycles. The predicted molar refractivity (Wildman–Crippen MR) is 105 cm³/mol. The third-order valence-electron chi connectivity index (χ3n) is 3.85. The maximum atomic E-state index is 12.2. The summed E-state index contributed by atoms with van der Waals surface area (Å²) in [6, 6.07) is 11.9. The monoisotopic (exact) mass is 383 g/mol. The number of aryl methyl sites for hydroxylation is 1. The van der Waals surface area contributed by atoms with Gasteiger partial charge in [-0.2, -0.15) is 0 Å². The summed E-state index contributed by atoms with van der Waals surface area (Å²) in [5.41, 5.74) is 1.89. The molecule has 0 spiro atoms. The minimum atomic E-state index is -0.713. The lowest BCUT2D eigenvalue weighted by Gasteiger charge is -2.03. The normalized spacial score (nSPS) is 17.0. The fourth-order valence-electron chi connectivity index (χ4n) is 2.51. The number of aromatic hydroxyl groups is 2. The summed E-state index contributed by atoms with van der Waals surface area (Å²) in [5.74, 6) is -1.60. The summed E-state index contributed by atoms with van der Waals surface area (Å²) >= 11 is 1.07. The number of phenols is 2. The molecule has 6 nitrogen and oxygen atoms in total. The summed E-state index contributed by atoms with van der Waals surface area (Å²) in [7, 11) is 1.22. The predicted octanol–water partition coefficient (Wildman–Crippen LogP) is 4.21. The lowest BCUT2D eigenvalue weighted by Crippen LogP contribution is -2.10. The number of thioether (sulfide) groups is 1. The van der Waals surface area contributed by atoms with Gasteiger partial charge in [-0.25, -0.2) is 9.79 Å². The van der Waals surface area contributed by atoms with Crippen molar-refractivity contribution in [3.63, 3.8) is 0 Å². The number of para-hydroxylation sites is 1. The van der Waals surface area contributed by atoms with Gasteiger partial charge < -0.3 is 20.1 Å². The van der Waals surface area contributed by atoms with Gasteiger partial charge in [0, 0.05) is 5.56 Å². The molecule has 138 valence electrons. The molecule has 0 bridgehead atoms. The Labute approximate surface area is 160 Å². The molecule has 27 heavy (non-hydrogen) atoms. The molecular formula is C20H17NO5S. The topological polar surface area (TPSA) is 99.4 Å². The smallest absolute Gasteiger partial charge is 0.344 e. The average Bonchev–Trinajstić information content (AvgIpc) is 2.93. The summed E-state index contributed by atoms with van der Waals surface area (Å²) < 4.78 is 4.77. The molecule has 0 aliphatic carbocycles. The molecule has 1 heterocycles. The van der Waals surface area contributed by atoms with Crippen LogP contribution >= 0.6 is 11.8 Å². The van der Waals surface area contributed by atoms with Crippen molar-refractivity contribution in [2.75, 3.05) is 7.11 Å². The molecule has 7 heteroatoms. The Morgan fingerprint density at radius 3 is 2.59 bits per heavy atom. The molecule has 2 aromatic rings. The van der Waals surface area contributed by atoms with Gasteiger partial charge in [0.1, 0.15) is 16.4 Å². The number of phenolic OH excluding ortho intramolecular Hbond substituents is 2. The molecule has 0 saturated carbocycles. The van der Waals surface area contributed by atoms with Gasteiger partial charge in [-0.15, -0.1) is 0 Å². The number of hydrogen-bond acceptors (Lipinski definition) is 7. The minimum Gasteiger partial charge on any atom is -0.506 e. The van der Waals surface area contributed by atoms with E-state index in [9.17, 15) is 20.1 Å². The van der Waals surface area contributed by atoms with E-state index in [1.165, 1.54) is 19.3 Å². The summed E-state index contributed by atoms with van der Waals surface area (Å²) in [6.45, 7) is 1.93. The van der Waals surface area contributed by atoms with Gasteiger partial charge in [0.15, 0.2) is 11.5 Å². The van der Waals surface area contributed by atoms with Crippen LogP contribution in [0.3, 0.4) is 0 Å². The van der Waals surface area contributed by atoms with E-state index in [-0.39, 0.29) is 27.9 Å². The average molecular weight is 383 g/mol. The molecule has 3 rings (SSSR count). The van der Waals surface area contributed by atoms with Crippen LogP contribution < -0.4 is 0 Å². The largest absolute Gasteiger partial charge is 0.506 e. The second-order valence-electron chi connectivity index (χ2n) is 5.80. The zero-order chi connectivity index (χ0) is 19.6. The van der Waals surface area contributed by atoms with Gasteiger partial charge >= 0.3 is 5.97 Å². The van der Waals surface area contributed by atoms with Crippen LogP contribution in [0, 0.1) is 6.92 Å². The van der Waals surface area contributed by atoms with Crippen LogP contribution in [0.1, 0.15) is 11.1 Å². The van der Waals surface area contributed by atoms with Crippen LogP contribution in [0.5, 0.6) is 11.5 Å². The third-order valence-corrected chi connectivity index (χ3v) is 4.86. The number of hydrogen-bond donors (Lipinski definition) is 3. The summed E-state index contributed by atoms with van der Waals surface area (Å²) in [5, 5.41) is 30.4. The third kappa shape index (κ3) is 3.83. The number of aliphatic hydroxyl groups is 1. The van der Waals surface area contributed by atoms with E-state index in [1.54, 1.807) is 18.2 Å².